The minimum Gasteiger partial charge on any atom is -0.389 e. The molecule has 1 aliphatic heterocycles. The maximum atomic E-state index is 10.9. The lowest BCUT2D eigenvalue weighted by atomic mass is 9.83. The number of nitrogens with zero attached hydrogens (tertiary/aromatic N) is 1. The van der Waals surface area contributed by atoms with Crippen molar-refractivity contribution in [2.45, 2.75) is 52.6 Å². The minimum atomic E-state index is -0.508. The van der Waals surface area contributed by atoms with Gasteiger partial charge in [-0.2, -0.15) is 0 Å². The van der Waals surface area contributed by atoms with Crippen LogP contribution in [0.15, 0.2) is 18.2 Å². The van der Waals surface area contributed by atoms with E-state index in [1.54, 1.807) is 0 Å². The summed E-state index contributed by atoms with van der Waals surface area (Å²) in [6, 6.07) is 6.55. The van der Waals surface area contributed by atoms with Crippen molar-refractivity contribution in [3.63, 3.8) is 0 Å². The van der Waals surface area contributed by atoms with Crippen molar-refractivity contribution >= 4 is 0 Å². The van der Waals surface area contributed by atoms with Gasteiger partial charge in [0, 0.05) is 26.1 Å². The Morgan fingerprint density at radius 3 is 2.45 bits per heavy atom. The van der Waals surface area contributed by atoms with Crippen LogP contribution in [-0.2, 0) is 6.42 Å². The monoisotopic (exact) mass is 275 g/mol. The molecule has 0 atom stereocenters. The number of aliphatic hydroxyl groups is 1. The van der Waals surface area contributed by atoms with Gasteiger partial charge >= 0.3 is 0 Å². The van der Waals surface area contributed by atoms with Gasteiger partial charge in [0.15, 0.2) is 0 Å². The summed E-state index contributed by atoms with van der Waals surface area (Å²) in [5, 5.41) is 10.9. The van der Waals surface area contributed by atoms with Gasteiger partial charge in [-0.05, 0) is 43.7 Å². The molecule has 1 aliphatic rings. The molecule has 1 aromatic rings. The molecule has 1 N–H and O–H groups in total. The molecule has 2 rings (SSSR count). The average Bonchev–Trinajstić information content (AvgIpc) is 2.36. The Labute approximate surface area is 123 Å². The average molecular weight is 275 g/mol. The second-order valence-corrected chi connectivity index (χ2v) is 7.03. The molecular formula is C18H29NO. The molecule has 112 valence electrons. The first-order valence-corrected chi connectivity index (χ1v) is 7.89. The predicted molar refractivity (Wildman–Crippen MR) is 85.1 cm³/mol. The molecule has 0 saturated carbocycles. The van der Waals surface area contributed by atoms with Gasteiger partial charge in [-0.1, -0.05) is 37.6 Å². The number of hydrogen-bond acceptors (Lipinski definition) is 2. The summed E-state index contributed by atoms with van der Waals surface area (Å²) in [7, 11) is 0. The third-order valence-corrected chi connectivity index (χ3v) is 4.43. The zero-order valence-electron chi connectivity index (χ0n) is 13.4. The third kappa shape index (κ3) is 4.07. The highest BCUT2D eigenvalue weighted by atomic mass is 16.3. The number of likely N-dealkylation sites (tertiary alicyclic amines) is 1. The minimum absolute atomic E-state index is 0.508. The van der Waals surface area contributed by atoms with E-state index in [0.717, 1.165) is 38.9 Å². The molecule has 2 heteroatoms. The first-order valence-electron chi connectivity index (χ1n) is 7.89. The molecule has 2 nitrogen and oxygen atoms in total. The van der Waals surface area contributed by atoms with Gasteiger partial charge in [0.1, 0.15) is 0 Å². The normalized spacial score (nSPS) is 19.5. The fraction of sp³-hybridized carbons (Fsp3) is 0.667. The number of piperidine rings is 1. The van der Waals surface area contributed by atoms with Gasteiger partial charge < -0.3 is 10.0 Å². The van der Waals surface area contributed by atoms with E-state index in [4.69, 9.17) is 0 Å². The maximum absolute atomic E-state index is 10.9. The van der Waals surface area contributed by atoms with Gasteiger partial charge in [0.25, 0.3) is 0 Å². The van der Waals surface area contributed by atoms with Crippen molar-refractivity contribution in [2.24, 2.45) is 5.92 Å². The molecule has 20 heavy (non-hydrogen) atoms. The van der Waals surface area contributed by atoms with E-state index in [2.05, 4.69) is 50.8 Å². The van der Waals surface area contributed by atoms with Crippen LogP contribution in [0.25, 0.3) is 0 Å². The molecule has 0 aliphatic carbocycles. The molecule has 1 heterocycles. The van der Waals surface area contributed by atoms with Gasteiger partial charge in [-0.15, -0.1) is 0 Å². The second-order valence-electron chi connectivity index (χ2n) is 7.03. The Kier molecular flexibility index (Phi) is 4.87. The predicted octanol–water partition coefficient (Wildman–Crippen LogP) is 3.33. The Balaban J connectivity index is 1.98. The van der Waals surface area contributed by atoms with Crippen LogP contribution in [0.3, 0.4) is 0 Å². The van der Waals surface area contributed by atoms with Gasteiger partial charge in [0.2, 0.25) is 0 Å². The summed E-state index contributed by atoms with van der Waals surface area (Å²) in [5.41, 5.74) is 3.39. The Bertz CT molecular complexity index is 445. The van der Waals surface area contributed by atoms with E-state index in [0.29, 0.717) is 5.92 Å². The van der Waals surface area contributed by atoms with Crippen LogP contribution in [0.2, 0.25) is 0 Å². The van der Waals surface area contributed by atoms with Crippen LogP contribution in [0.1, 0.15) is 43.4 Å². The molecule has 0 radical (unpaired) electrons. The Hall–Kier alpha value is -0.860. The summed E-state index contributed by atoms with van der Waals surface area (Å²) < 4.78 is 0. The number of rotatable bonds is 4. The molecule has 0 spiro atoms. The Morgan fingerprint density at radius 2 is 1.85 bits per heavy atom. The molecule has 0 unspecified atom stereocenters. The summed E-state index contributed by atoms with van der Waals surface area (Å²) in [5.74, 6) is 0.709. The molecule has 1 fully saturated rings. The lowest BCUT2D eigenvalue weighted by Gasteiger charge is -2.39. The van der Waals surface area contributed by atoms with Crippen LogP contribution in [0, 0.1) is 19.8 Å². The van der Waals surface area contributed by atoms with Crippen molar-refractivity contribution < 1.29 is 5.11 Å². The van der Waals surface area contributed by atoms with Gasteiger partial charge in [0.05, 0.1) is 5.60 Å². The van der Waals surface area contributed by atoms with Crippen LogP contribution in [0.5, 0.6) is 0 Å². The molecule has 0 amide bonds. The van der Waals surface area contributed by atoms with Crippen LogP contribution in [-0.4, -0.2) is 35.2 Å². The van der Waals surface area contributed by atoms with Crippen molar-refractivity contribution in [3.05, 3.63) is 34.9 Å². The van der Waals surface area contributed by atoms with E-state index in [1.807, 2.05) is 0 Å². The van der Waals surface area contributed by atoms with Crippen LogP contribution in [0.4, 0.5) is 0 Å². The van der Waals surface area contributed by atoms with E-state index in [1.165, 1.54) is 16.7 Å². The van der Waals surface area contributed by atoms with Crippen molar-refractivity contribution in [1.82, 2.24) is 4.90 Å². The topological polar surface area (TPSA) is 23.5 Å². The highest BCUT2D eigenvalue weighted by Gasteiger charge is 2.32. The highest BCUT2D eigenvalue weighted by Crippen LogP contribution is 2.28. The molecule has 1 saturated heterocycles. The van der Waals surface area contributed by atoms with Gasteiger partial charge in [-0.25, -0.2) is 0 Å². The largest absolute Gasteiger partial charge is 0.389 e. The van der Waals surface area contributed by atoms with E-state index in [9.17, 15) is 5.11 Å². The lowest BCUT2D eigenvalue weighted by Crippen LogP contribution is -2.46. The van der Waals surface area contributed by atoms with Gasteiger partial charge in [-0.3, -0.25) is 0 Å². The Morgan fingerprint density at radius 1 is 1.20 bits per heavy atom. The van der Waals surface area contributed by atoms with E-state index < -0.39 is 5.60 Å². The smallest absolute Gasteiger partial charge is 0.0712 e. The standard InChI is InChI=1S/C18H29NO/c1-14(2)13-19-9-7-18(20,8-10-19)12-17-11-15(3)5-6-16(17)4/h5-6,11,14,20H,7-10,12-13H2,1-4H3. The van der Waals surface area contributed by atoms with E-state index in [-0.39, 0.29) is 0 Å². The highest BCUT2D eigenvalue weighted by molar-refractivity contribution is 5.31. The fourth-order valence-corrected chi connectivity index (χ4v) is 3.19. The summed E-state index contributed by atoms with van der Waals surface area (Å²) >= 11 is 0. The van der Waals surface area contributed by atoms with Crippen molar-refractivity contribution in [1.29, 1.82) is 0 Å². The van der Waals surface area contributed by atoms with E-state index >= 15 is 0 Å². The molecule has 1 aromatic carbocycles. The zero-order valence-corrected chi connectivity index (χ0v) is 13.4. The van der Waals surface area contributed by atoms with Crippen molar-refractivity contribution in [3.8, 4) is 0 Å². The molecular weight excluding hydrogens is 246 g/mol. The SMILES string of the molecule is Cc1ccc(C)c(CC2(O)CCN(CC(C)C)CC2)c1. The number of aryl methyl sites for hydroxylation is 2. The summed E-state index contributed by atoms with van der Waals surface area (Å²) in [6.07, 6.45) is 2.59. The third-order valence-electron chi connectivity index (χ3n) is 4.43. The second kappa shape index (κ2) is 6.28. The summed E-state index contributed by atoms with van der Waals surface area (Å²) in [6.45, 7) is 12.0. The summed E-state index contributed by atoms with van der Waals surface area (Å²) in [4.78, 5) is 2.49. The van der Waals surface area contributed by atoms with Crippen LogP contribution < -0.4 is 0 Å². The molecule has 0 aromatic heterocycles. The van der Waals surface area contributed by atoms with Crippen LogP contribution >= 0.6 is 0 Å². The number of hydrogen-bond donors (Lipinski definition) is 1. The quantitative estimate of drug-likeness (QED) is 0.911. The zero-order chi connectivity index (χ0) is 14.8. The number of benzene rings is 1. The fourth-order valence-electron chi connectivity index (χ4n) is 3.19. The lowest BCUT2D eigenvalue weighted by molar-refractivity contribution is -0.0228. The molecule has 0 bridgehead atoms. The first-order chi connectivity index (χ1) is 9.38. The maximum Gasteiger partial charge on any atom is 0.0712 e. The first kappa shape index (κ1) is 15.5. The van der Waals surface area contributed by atoms with Crippen molar-refractivity contribution in [2.75, 3.05) is 19.6 Å².